The van der Waals surface area contributed by atoms with E-state index < -0.39 is 0 Å². The zero-order valence-corrected chi connectivity index (χ0v) is 14.9. The van der Waals surface area contributed by atoms with Crippen LogP contribution in [0.5, 0.6) is 5.75 Å². The van der Waals surface area contributed by atoms with E-state index in [2.05, 4.69) is 5.92 Å². The van der Waals surface area contributed by atoms with Crippen LogP contribution in [0.1, 0.15) is 44.6 Å². The fraction of sp³-hybridized carbons (Fsp3) is 0.273. The second-order valence-electron chi connectivity index (χ2n) is 6.38. The van der Waals surface area contributed by atoms with Crippen molar-refractivity contribution in [2.45, 2.75) is 39.0 Å². The van der Waals surface area contributed by atoms with Crippen molar-refractivity contribution in [2.24, 2.45) is 0 Å². The Hall–Kier alpha value is -3.06. The monoisotopic (exact) mass is 348 g/mol. The molecule has 0 amide bonds. The third-order valence-electron chi connectivity index (χ3n) is 4.69. The molecule has 1 aromatic rings. The lowest BCUT2D eigenvalue weighted by Gasteiger charge is -2.32. The Kier molecular flexibility index (Phi) is 5.09. The highest BCUT2D eigenvalue weighted by atomic mass is 16.5. The van der Waals surface area contributed by atoms with Gasteiger partial charge in [0.15, 0.2) is 0 Å². The van der Waals surface area contributed by atoms with Crippen molar-refractivity contribution in [1.29, 1.82) is 0 Å². The lowest BCUT2D eigenvalue weighted by Crippen LogP contribution is -2.23. The summed E-state index contributed by atoms with van der Waals surface area (Å²) in [7, 11) is 0. The van der Waals surface area contributed by atoms with Crippen molar-refractivity contribution < 1.29 is 19.1 Å². The highest BCUT2D eigenvalue weighted by Crippen LogP contribution is 2.44. The quantitative estimate of drug-likeness (QED) is 0.467. The molecular formula is C22H20O4. The maximum absolute atomic E-state index is 12.1. The molecule has 4 heteroatoms. The van der Waals surface area contributed by atoms with Crippen molar-refractivity contribution in [3.05, 3.63) is 64.5 Å². The Morgan fingerprint density at radius 3 is 2.69 bits per heavy atom. The maximum Gasteiger partial charge on any atom is 0.311 e. The largest absolute Gasteiger partial charge is 0.431 e. The van der Waals surface area contributed by atoms with Gasteiger partial charge < -0.3 is 9.47 Å². The van der Waals surface area contributed by atoms with Gasteiger partial charge in [0.1, 0.15) is 11.5 Å². The first kappa shape index (κ1) is 17.8. The van der Waals surface area contributed by atoms with Gasteiger partial charge in [0.2, 0.25) is 0 Å². The summed E-state index contributed by atoms with van der Waals surface area (Å²) in [5.41, 5.74) is 4.33. The Labute approximate surface area is 153 Å². The van der Waals surface area contributed by atoms with Crippen molar-refractivity contribution in [3.8, 4) is 18.1 Å². The Bertz CT molecular complexity index is 876. The molecule has 132 valence electrons. The molecule has 0 fully saturated rings. The Balaban J connectivity index is 1.99. The number of carbonyl (C=O) groups is 2. The third-order valence-corrected chi connectivity index (χ3v) is 4.69. The van der Waals surface area contributed by atoms with Gasteiger partial charge in [-0.25, -0.2) is 0 Å². The molecule has 1 aliphatic carbocycles. The van der Waals surface area contributed by atoms with Crippen LogP contribution < -0.4 is 4.74 Å². The SMILES string of the molecule is C#C/C=C\C1=C(C)C2=C(CC1)OC(=O)CC2c1ccc(OC(C)=O)cc1. The van der Waals surface area contributed by atoms with E-state index >= 15 is 0 Å². The first-order valence-corrected chi connectivity index (χ1v) is 8.54. The number of carbonyl (C=O) groups excluding carboxylic acids is 2. The van der Waals surface area contributed by atoms with Crippen LogP contribution in [-0.2, 0) is 14.3 Å². The van der Waals surface area contributed by atoms with Crippen LogP contribution in [0.2, 0.25) is 0 Å². The van der Waals surface area contributed by atoms with E-state index in [-0.39, 0.29) is 24.3 Å². The maximum atomic E-state index is 12.1. The molecule has 26 heavy (non-hydrogen) atoms. The molecule has 4 nitrogen and oxygen atoms in total. The molecule has 1 unspecified atom stereocenters. The number of terminal acetylenes is 1. The molecule has 1 aliphatic heterocycles. The van der Waals surface area contributed by atoms with E-state index in [4.69, 9.17) is 15.9 Å². The molecule has 3 rings (SSSR count). The van der Waals surface area contributed by atoms with Gasteiger partial charge in [-0.05, 0) is 48.3 Å². The van der Waals surface area contributed by atoms with Crippen LogP contribution in [0, 0.1) is 12.3 Å². The summed E-state index contributed by atoms with van der Waals surface area (Å²) in [6.07, 6.45) is 10.8. The summed E-state index contributed by atoms with van der Waals surface area (Å²) in [5, 5.41) is 0. The summed E-state index contributed by atoms with van der Waals surface area (Å²) in [6.45, 7) is 3.41. The molecule has 0 spiro atoms. The highest BCUT2D eigenvalue weighted by Gasteiger charge is 2.34. The van der Waals surface area contributed by atoms with Gasteiger partial charge in [0.05, 0.1) is 6.42 Å². The van der Waals surface area contributed by atoms with Crippen molar-refractivity contribution >= 4 is 11.9 Å². The van der Waals surface area contributed by atoms with Gasteiger partial charge in [0.25, 0.3) is 0 Å². The third kappa shape index (κ3) is 3.62. The van der Waals surface area contributed by atoms with Gasteiger partial charge in [-0.2, -0.15) is 0 Å². The molecule has 2 aliphatic rings. The zero-order chi connectivity index (χ0) is 18.7. The minimum absolute atomic E-state index is 0.0767. The normalized spacial score (nSPS) is 19.9. The minimum Gasteiger partial charge on any atom is -0.431 e. The molecule has 0 saturated carbocycles. The molecule has 0 N–H and O–H groups in total. The average Bonchev–Trinajstić information content (AvgIpc) is 2.60. The van der Waals surface area contributed by atoms with E-state index in [1.54, 1.807) is 18.2 Å². The number of allylic oxidation sites excluding steroid dienone is 6. The van der Waals surface area contributed by atoms with Gasteiger partial charge in [-0.3, -0.25) is 9.59 Å². The van der Waals surface area contributed by atoms with Gasteiger partial charge in [-0.1, -0.05) is 24.1 Å². The summed E-state index contributed by atoms with van der Waals surface area (Å²) in [4.78, 5) is 23.2. The van der Waals surface area contributed by atoms with Crippen molar-refractivity contribution in [3.63, 3.8) is 0 Å². The van der Waals surface area contributed by atoms with Crippen LogP contribution in [0.4, 0.5) is 0 Å². The molecule has 0 radical (unpaired) electrons. The van der Waals surface area contributed by atoms with Crippen molar-refractivity contribution in [1.82, 2.24) is 0 Å². The number of rotatable bonds is 3. The van der Waals surface area contributed by atoms with Gasteiger partial charge in [0, 0.05) is 24.8 Å². The number of benzene rings is 1. The van der Waals surface area contributed by atoms with E-state index in [9.17, 15) is 9.59 Å². The average molecular weight is 348 g/mol. The Morgan fingerprint density at radius 2 is 2.04 bits per heavy atom. The lowest BCUT2D eigenvalue weighted by molar-refractivity contribution is -0.141. The molecule has 0 saturated heterocycles. The zero-order valence-electron chi connectivity index (χ0n) is 14.9. The number of hydrogen-bond acceptors (Lipinski definition) is 4. The van der Waals surface area contributed by atoms with Crippen LogP contribution in [0.15, 0.2) is 58.9 Å². The molecule has 1 atom stereocenters. The minimum atomic E-state index is -0.361. The second kappa shape index (κ2) is 7.45. The highest BCUT2D eigenvalue weighted by molar-refractivity contribution is 5.76. The standard InChI is InChI=1S/C22H20O4/c1-4-5-6-16-9-12-20-22(14(16)2)19(13-21(24)26-20)17-7-10-18(11-8-17)25-15(3)23/h1,5-8,10-11,19H,9,12-13H2,2-3H3/b6-5-. The van der Waals surface area contributed by atoms with Gasteiger partial charge in [-0.15, -0.1) is 6.42 Å². The van der Waals surface area contributed by atoms with E-state index in [1.807, 2.05) is 25.1 Å². The summed E-state index contributed by atoms with van der Waals surface area (Å²) < 4.78 is 10.6. The first-order chi connectivity index (χ1) is 12.5. The van der Waals surface area contributed by atoms with Crippen LogP contribution >= 0.6 is 0 Å². The fourth-order valence-electron chi connectivity index (χ4n) is 3.54. The molecular weight excluding hydrogens is 328 g/mol. The predicted molar refractivity (Wildman–Crippen MR) is 98.1 cm³/mol. The summed E-state index contributed by atoms with van der Waals surface area (Å²) in [6, 6.07) is 7.28. The fourth-order valence-corrected chi connectivity index (χ4v) is 3.54. The predicted octanol–water partition coefficient (Wildman–Crippen LogP) is 4.20. The number of esters is 2. The number of ether oxygens (including phenoxy) is 2. The first-order valence-electron chi connectivity index (χ1n) is 8.54. The second-order valence-corrected chi connectivity index (χ2v) is 6.38. The summed E-state index contributed by atoms with van der Waals surface area (Å²) in [5.74, 6) is 3.11. The Morgan fingerprint density at radius 1 is 1.31 bits per heavy atom. The van der Waals surface area contributed by atoms with Crippen LogP contribution in [-0.4, -0.2) is 11.9 Å². The lowest BCUT2D eigenvalue weighted by atomic mass is 9.77. The molecule has 0 aromatic heterocycles. The van der Waals surface area contributed by atoms with Crippen molar-refractivity contribution in [2.75, 3.05) is 0 Å². The van der Waals surface area contributed by atoms with Crippen LogP contribution in [0.25, 0.3) is 0 Å². The topological polar surface area (TPSA) is 52.6 Å². The molecule has 1 aromatic carbocycles. The van der Waals surface area contributed by atoms with Crippen LogP contribution in [0.3, 0.4) is 0 Å². The van der Waals surface area contributed by atoms with E-state index in [1.165, 1.54) is 12.5 Å². The smallest absolute Gasteiger partial charge is 0.311 e. The number of hydrogen-bond donors (Lipinski definition) is 0. The molecule has 0 bridgehead atoms. The van der Waals surface area contributed by atoms with E-state index in [0.29, 0.717) is 12.2 Å². The van der Waals surface area contributed by atoms with E-state index in [0.717, 1.165) is 28.9 Å². The van der Waals surface area contributed by atoms with Gasteiger partial charge >= 0.3 is 11.9 Å². The molecule has 1 heterocycles. The summed E-state index contributed by atoms with van der Waals surface area (Å²) >= 11 is 0.